The Morgan fingerprint density at radius 1 is 0.912 bits per heavy atom. The van der Waals surface area contributed by atoms with Crippen molar-refractivity contribution in [3.8, 4) is 16.9 Å². The van der Waals surface area contributed by atoms with Crippen LogP contribution in [0.15, 0.2) is 90.2 Å². The number of hydrogen-bond donors (Lipinski definition) is 2. The largest absolute Gasteiger partial charge is 0.343 e. The van der Waals surface area contributed by atoms with E-state index in [-0.39, 0.29) is 12.5 Å². The Hall–Kier alpha value is -4.52. The van der Waals surface area contributed by atoms with Gasteiger partial charge in [-0.05, 0) is 38.1 Å². The first-order valence-corrected chi connectivity index (χ1v) is 10.9. The third kappa shape index (κ3) is 5.63. The normalized spacial score (nSPS) is 10.9. The van der Waals surface area contributed by atoms with E-state index >= 15 is 0 Å². The molecule has 0 fully saturated rings. The van der Waals surface area contributed by atoms with E-state index in [0.717, 1.165) is 33.6 Å². The first kappa shape index (κ1) is 22.7. The zero-order valence-corrected chi connectivity index (χ0v) is 19.0. The van der Waals surface area contributed by atoms with Crippen LogP contribution in [-0.2, 0) is 4.79 Å². The molecule has 4 aromatic rings. The van der Waals surface area contributed by atoms with Crippen LogP contribution in [0.1, 0.15) is 27.0 Å². The highest BCUT2D eigenvalue weighted by atomic mass is 16.2. The second kappa shape index (κ2) is 10.4. The summed E-state index contributed by atoms with van der Waals surface area (Å²) in [5, 5.41) is 11.4. The number of nitrogens with zero attached hydrogens (tertiary/aromatic N) is 3. The highest BCUT2D eigenvalue weighted by Gasteiger charge is 2.12. The van der Waals surface area contributed by atoms with E-state index in [9.17, 15) is 9.59 Å². The van der Waals surface area contributed by atoms with Crippen molar-refractivity contribution in [3.63, 3.8) is 0 Å². The quantitative estimate of drug-likeness (QED) is 0.328. The summed E-state index contributed by atoms with van der Waals surface area (Å²) in [6, 6.07) is 25.0. The van der Waals surface area contributed by atoms with E-state index < -0.39 is 5.91 Å². The summed E-state index contributed by atoms with van der Waals surface area (Å²) in [4.78, 5) is 24.4. The second-order valence-electron chi connectivity index (χ2n) is 7.92. The van der Waals surface area contributed by atoms with Gasteiger partial charge in [0.15, 0.2) is 0 Å². The second-order valence-corrected chi connectivity index (χ2v) is 7.92. The number of carbonyl (C=O) groups is 2. The van der Waals surface area contributed by atoms with Gasteiger partial charge in [-0.25, -0.2) is 10.1 Å². The number of benzene rings is 3. The van der Waals surface area contributed by atoms with E-state index in [1.54, 1.807) is 23.0 Å². The lowest BCUT2D eigenvalue weighted by atomic mass is 10.1. The van der Waals surface area contributed by atoms with Crippen LogP contribution in [0.2, 0.25) is 0 Å². The Morgan fingerprint density at radius 3 is 2.24 bits per heavy atom. The molecule has 0 spiro atoms. The first-order valence-electron chi connectivity index (χ1n) is 10.9. The van der Waals surface area contributed by atoms with Gasteiger partial charge in [-0.3, -0.25) is 9.59 Å². The molecule has 0 aliphatic heterocycles. The van der Waals surface area contributed by atoms with Crippen LogP contribution < -0.4 is 10.7 Å². The minimum absolute atomic E-state index is 0.182. The Bertz CT molecular complexity index is 1310. The molecule has 1 heterocycles. The molecule has 2 amide bonds. The number of rotatable bonds is 7. The number of aryl methyl sites for hydroxylation is 2. The first-order chi connectivity index (χ1) is 16.5. The summed E-state index contributed by atoms with van der Waals surface area (Å²) in [6.07, 6.45) is 3.42. The highest BCUT2D eigenvalue weighted by molar-refractivity contribution is 5.96. The van der Waals surface area contributed by atoms with Gasteiger partial charge in [0.05, 0.1) is 18.4 Å². The molecule has 170 valence electrons. The molecular weight excluding hydrogens is 426 g/mol. The number of hydrazone groups is 1. The van der Waals surface area contributed by atoms with Crippen molar-refractivity contribution in [1.82, 2.24) is 20.5 Å². The summed E-state index contributed by atoms with van der Waals surface area (Å²) in [5.74, 6) is -0.742. The molecule has 0 bridgehead atoms. The van der Waals surface area contributed by atoms with Crippen molar-refractivity contribution in [2.75, 3.05) is 6.54 Å². The molecule has 7 nitrogen and oxygen atoms in total. The van der Waals surface area contributed by atoms with E-state index in [2.05, 4.69) is 15.8 Å². The van der Waals surface area contributed by atoms with Gasteiger partial charge in [-0.2, -0.15) is 10.2 Å². The van der Waals surface area contributed by atoms with Crippen LogP contribution in [0.3, 0.4) is 0 Å². The number of carbonyl (C=O) groups excluding carboxylic acids is 2. The third-order valence-electron chi connectivity index (χ3n) is 5.20. The molecule has 4 rings (SSSR count). The van der Waals surface area contributed by atoms with E-state index in [0.29, 0.717) is 5.56 Å². The Balaban J connectivity index is 1.45. The molecule has 1 aromatic heterocycles. The molecule has 0 radical (unpaired) electrons. The van der Waals surface area contributed by atoms with Crippen molar-refractivity contribution >= 4 is 18.0 Å². The number of hydrogen-bond acceptors (Lipinski definition) is 4. The van der Waals surface area contributed by atoms with Crippen LogP contribution in [0.4, 0.5) is 0 Å². The fourth-order valence-electron chi connectivity index (χ4n) is 3.31. The Kier molecular flexibility index (Phi) is 6.93. The van der Waals surface area contributed by atoms with Crippen molar-refractivity contribution < 1.29 is 9.59 Å². The fraction of sp³-hybridized carbons (Fsp3) is 0.111. The van der Waals surface area contributed by atoms with Crippen LogP contribution in [0.25, 0.3) is 16.9 Å². The van der Waals surface area contributed by atoms with Gasteiger partial charge in [0, 0.05) is 22.9 Å². The number of amides is 2. The summed E-state index contributed by atoms with van der Waals surface area (Å²) in [7, 11) is 0. The molecule has 2 N–H and O–H groups in total. The van der Waals surface area contributed by atoms with Crippen molar-refractivity contribution in [2.45, 2.75) is 13.8 Å². The summed E-state index contributed by atoms with van der Waals surface area (Å²) in [5.41, 5.74) is 8.52. The molecule has 0 saturated carbocycles. The van der Waals surface area contributed by atoms with E-state index in [4.69, 9.17) is 5.10 Å². The molecule has 7 heteroatoms. The predicted octanol–water partition coefficient (Wildman–Crippen LogP) is 4.04. The van der Waals surface area contributed by atoms with Crippen molar-refractivity contribution in [3.05, 3.63) is 107 Å². The number of para-hydroxylation sites is 1. The van der Waals surface area contributed by atoms with Gasteiger partial charge in [-0.1, -0.05) is 65.7 Å². The molecule has 0 aliphatic rings. The lowest BCUT2D eigenvalue weighted by Gasteiger charge is -2.04. The van der Waals surface area contributed by atoms with Crippen molar-refractivity contribution in [2.24, 2.45) is 5.10 Å². The van der Waals surface area contributed by atoms with Gasteiger partial charge >= 0.3 is 0 Å². The van der Waals surface area contributed by atoms with Crippen LogP contribution in [0, 0.1) is 13.8 Å². The van der Waals surface area contributed by atoms with Crippen LogP contribution in [-0.4, -0.2) is 34.4 Å². The van der Waals surface area contributed by atoms with E-state index in [1.807, 2.05) is 86.8 Å². The average Bonchev–Trinajstić information content (AvgIpc) is 3.28. The fourth-order valence-corrected chi connectivity index (χ4v) is 3.31. The van der Waals surface area contributed by atoms with Crippen LogP contribution in [0.5, 0.6) is 0 Å². The topological polar surface area (TPSA) is 88.4 Å². The average molecular weight is 452 g/mol. The minimum atomic E-state index is -0.427. The molecule has 34 heavy (non-hydrogen) atoms. The maximum atomic E-state index is 12.2. The maximum Gasteiger partial charge on any atom is 0.259 e. The van der Waals surface area contributed by atoms with Gasteiger partial charge in [0.2, 0.25) is 0 Å². The van der Waals surface area contributed by atoms with Gasteiger partial charge in [0.25, 0.3) is 11.8 Å². The number of nitrogens with one attached hydrogen (secondary N) is 2. The molecular formula is C27H25N5O2. The molecule has 0 unspecified atom stereocenters. The molecule has 0 saturated heterocycles. The van der Waals surface area contributed by atoms with Crippen LogP contribution >= 0.6 is 0 Å². The highest BCUT2D eigenvalue weighted by Crippen LogP contribution is 2.23. The van der Waals surface area contributed by atoms with Gasteiger partial charge in [0.1, 0.15) is 5.69 Å². The van der Waals surface area contributed by atoms with Gasteiger partial charge < -0.3 is 5.32 Å². The summed E-state index contributed by atoms with van der Waals surface area (Å²) < 4.78 is 1.78. The third-order valence-corrected chi connectivity index (χ3v) is 5.20. The standard InChI is InChI=1S/C27H25N5O2/c1-19-8-12-21(13-9-19)26-23(18-32(31-26)24-6-4-3-5-7-24)16-29-30-25(33)17-28-27(34)22-14-10-20(2)11-15-22/h3-16,18H,17H2,1-2H3,(H,28,34)(H,30,33)/b29-16-. The summed E-state index contributed by atoms with van der Waals surface area (Å²) in [6.45, 7) is 3.79. The van der Waals surface area contributed by atoms with Gasteiger partial charge in [-0.15, -0.1) is 0 Å². The lowest BCUT2D eigenvalue weighted by Crippen LogP contribution is -2.34. The van der Waals surface area contributed by atoms with E-state index in [1.165, 1.54) is 0 Å². The zero-order valence-electron chi connectivity index (χ0n) is 19.0. The number of aromatic nitrogens is 2. The Morgan fingerprint density at radius 2 is 1.56 bits per heavy atom. The smallest absolute Gasteiger partial charge is 0.259 e. The minimum Gasteiger partial charge on any atom is -0.343 e. The van der Waals surface area contributed by atoms with Crippen molar-refractivity contribution in [1.29, 1.82) is 0 Å². The lowest BCUT2D eigenvalue weighted by molar-refractivity contribution is -0.120. The SMILES string of the molecule is Cc1ccc(C(=O)NCC(=O)N/N=C\c2cn(-c3ccccc3)nc2-c2ccc(C)cc2)cc1. The zero-order chi connectivity index (χ0) is 23.9. The molecule has 0 aliphatic carbocycles. The Labute approximate surface area is 198 Å². The predicted molar refractivity (Wildman–Crippen MR) is 133 cm³/mol. The maximum absolute atomic E-state index is 12.2. The summed E-state index contributed by atoms with van der Waals surface area (Å²) >= 11 is 0. The molecule has 0 atom stereocenters. The monoisotopic (exact) mass is 451 g/mol. The molecule has 3 aromatic carbocycles.